The van der Waals surface area contributed by atoms with Crippen molar-refractivity contribution in [1.29, 1.82) is 0 Å². The highest BCUT2D eigenvalue weighted by Crippen LogP contribution is 2.24. The van der Waals surface area contributed by atoms with Gasteiger partial charge in [-0.05, 0) is 29.3 Å². The average Bonchev–Trinajstić information content (AvgIpc) is 2.70. The molecule has 0 saturated carbocycles. The van der Waals surface area contributed by atoms with Gasteiger partial charge in [-0.25, -0.2) is 0 Å². The average molecular weight is 238 g/mol. The standard InChI is InChI=1S/C15H14N2O/c16-13-7-5-11(6-8-13)9-17-10-12-3-1-2-4-14(12)15(17)18/h1-8H,9-10,16H2. The van der Waals surface area contributed by atoms with E-state index >= 15 is 0 Å². The Balaban J connectivity index is 1.81. The van der Waals surface area contributed by atoms with E-state index in [1.807, 2.05) is 53.4 Å². The Bertz CT molecular complexity index is 590. The smallest absolute Gasteiger partial charge is 0.254 e. The fourth-order valence-corrected chi connectivity index (χ4v) is 2.29. The van der Waals surface area contributed by atoms with E-state index < -0.39 is 0 Å². The Morgan fingerprint density at radius 1 is 1.06 bits per heavy atom. The summed E-state index contributed by atoms with van der Waals surface area (Å²) in [6, 6.07) is 15.4. The van der Waals surface area contributed by atoms with Crippen LogP contribution in [0, 0.1) is 0 Å². The molecule has 3 heteroatoms. The zero-order chi connectivity index (χ0) is 12.5. The highest BCUT2D eigenvalue weighted by Gasteiger charge is 2.26. The summed E-state index contributed by atoms with van der Waals surface area (Å²) in [5.74, 6) is 0.113. The van der Waals surface area contributed by atoms with Crippen molar-refractivity contribution in [3.8, 4) is 0 Å². The van der Waals surface area contributed by atoms with E-state index in [1.165, 1.54) is 0 Å². The molecule has 2 aromatic carbocycles. The number of carbonyl (C=O) groups is 1. The van der Waals surface area contributed by atoms with Crippen LogP contribution in [-0.4, -0.2) is 10.8 Å². The van der Waals surface area contributed by atoms with Gasteiger partial charge in [-0.2, -0.15) is 0 Å². The van der Waals surface area contributed by atoms with Crippen molar-refractivity contribution in [2.24, 2.45) is 0 Å². The first-order valence-electron chi connectivity index (χ1n) is 5.95. The Labute approximate surface area is 106 Å². The van der Waals surface area contributed by atoms with Crippen molar-refractivity contribution in [1.82, 2.24) is 4.90 Å². The molecule has 0 fully saturated rings. The Hall–Kier alpha value is -2.29. The van der Waals surface area contributed by atoms with E-state index in [1.54, 1.807) is 0 Å². The molecule has 0 bridgehead atoms. The molecule has 0 aliphatic carbocycles. The van der Waals surface area contributed by atoms with Crippen LogP contribution in [0.25, 0.3) is 0 Å². The highest BCUT2D eigenvalue weighted by molar-refractivity contribution is 5.98. The molecule has 1 aliphatic heterocycles. The number of anilines is 1. The summed E-state index contributed by atoms with van der Waals surface area (Å²) in [4.78, 5) is 14.0. The minimum Gasteiger partial charge on any atom is -0.399 e. The second-order valence-corrected chi connectivity index (χ2v) is 4.56. The van der Waals surface area contributed by atoms with E-state index in [0.29, 0.717) is 13.1 Å². The summed E-state index contributed by atoms with van der Waals surface area (Å²) in [6.45, 7) is 1.33. The van der Waals surface area contributed by atoms with Crippen molar-refractivity contribution in [3.63, 3.8) is 0 Å². The number of hydrogen-bond donors (Lipinski definition) is 1. The van der Waals surface area contributed by atoms with Gasteiger partial charge in [-0.1, -0.05) is 30.3 Å². The molecule has 90 valence electrons. The van der Waals surface area contributed by atoms with Crippen LogP contribution in [0.15, 0.2) is 48.5 Å². The first-order valence-corrected chi connectivity index (χ1v) is 5.95. The van der Waals surface area contributed by atoms with Gasteiger partial charge in [0.25, 0.3) is 5.91 Å². The molecule has 0 aromatic heterocycles. The minimum absolute atomic E-state index is 0.113. The van der Waals surface area contributed by atoms with Gasteiger partial charge in [0.1, 0.15) is 0 Å². The van der Waals surface area contributed by atoms with Gasteiger partial charge in [0, 0.05) is 24.3 Å². The van der Waals surface area contributed by atoms with E-state index in [0.717, 1.165) is 22.4 Å². The van der Waals surface area contributed by atoms with Gasteiger partial charge in [-0.15, -0.1) is 0 Å². The molecule has 3 nitrogen and oxygen atoms in total. The van der Waals surface area contributed by atoms with Crippen LogP contribution in [0.2, 0.25) is 0 Å². The number of amides is 1. The lowest BCUT2D eigenvalue weighted by molar-refractivity contribution is 0.0766. The normalized spacial score (nSPS) is 13.8. The molecule has 2 aromatic rings. The van der Waals surface area contributed by atoms with E-state index in [9.17, 15) is 4.79 Å². The molecule has 3 rings (SSSR count). The van der Waals surface area contributed by atoms with Crippen molar-refractivity contribution in [3.05, 3.63) is 65.2 Å². The Kier molecular flexibility index (Phi) is 2.52. The first kappa shape index (κ1) is 10.8. The second-order valence-electron chi connectivity index (χ2n) is 4.56. The number of benzene rings is 2. The summed E-state index contributed by atoms with van der Waals surface area (Å²) in [5.41, 5.74) is 9.43. The summed E-state index contributed by atoms with van der Waals surface area (Å²) in [7, 11) is 0. The number of nitrogens with two attached hydrogens (primary N) is 1. The van der Waals surface area contributed by atoms with Crippen molar-refractivity contribution in [2.45, 2.75) is 13.1 Å². The number of carbonyl (C=O) groups excluding carboxylic acids is 1. The molecule has 0 spiro atoms. The first-order chi connectivity index (χ1) is 8.74. The predicted octanol–water partition coefficient (Wildman–Crippen LogP) is 2.42. The summed E-state index contributed by atoms with van der Waals surface area (Å²) < 4.78 is 0. The lowest BCUT2D eigenvalue weighted by Crippen LogP contribution is -2.23. The largest absolute Gasteiger partial charge is 0.399 e. The maximum absolute atomic E-state index is 12.2. The van der Waals surface area contributed by atoms with Crippen LogP contribution < -0.4 is 5.73 Å². The Morgan fingerprint density at radius 3 is 2.50 bits per heavy atom. The lowest BCUT2D eigenvalue weighted by Gasteiger charge is -2.15. The van der Waals surface area contributed by atoms with Crippen LogP contribution in [0.5, 0.6) is 0 Å². The SMILES string of the molecule is Nc1ccc(CN2Cc3ccccc3C2=O)cc1. The Morgan fingerprint density at radius 2 is 1.78 bits per heavy atom. The minimum atomic E-state index is 0.113. The van der Waals surface area contributed by atoms with E-state index in [-0.39, 0.29) is 5.91 Å². The number of fused-ring (bicyclic) bond motifs is 1. The number of nitrogen functional groups attached to an aromatic ring is 1. The molecule has 0 saturated heterocycles. The van der Waals surface area contributed by atoms with Gasteiger partial charge in [-0.3, -0.25) is 4.79 Å². The zero-order valence-corrected chi connectivity index (χ0v) is 9.97. The van der Waals surface area contributed by atoms with Crippen LogP contribution in [0.4, 0.5) is 5.69 Å². The number of nitrogens with zero attached hydrogens (tertiary/aromatic N) is 1. The van der Waals surface area contributed by atoms with E-state index in [2.05, 4.69) is 0 Å². The fraction of sp³-hybridized carbons (Fsp3) is 0.133. The maximum atomic E-state index is 12.2. The molecular weight excluding hydrogens is 224 g/mol. The van der Waals surface area contributed by atoms with Crippen molar-refractivity contribution < 1.29 is 4.79 Å². The fourth-order valence-electron chi connectivity index (χ4n) is 2.29. The monoisotopic (exact) mass is 238 g/mol. The van der Waals surface area contributed by atoms with Gasteiger partial charge in [0.05, 0.1) is 0 Å². The van der Waals surface area contributed by atoms with Gasteiger partial charge in [0.15, 0.2) is 0 Å². The molecule has 1 amide bonds. The van der Waals surface area contributed by atoms with Crippen LogP contribution >= 0.6 is 0 Å². The second kappa shape index (κ2) is 4.18. The molecular formula is C15H14N2O. The molecule has 0 unspecified atom stereocenters. The van der Waals surface area contributed by atoms with E-state index in [4.69, 9.17) is 5.73 Å². The van der Waals surface area contributed by atoms with Gasteiger partial charge in [0.2, 0.25) is 0 Å². The summed E-state index contributed by atoms with van der Waals surface area (Å²) >= 11 is 0. The van der Waals surface area contributed by atoms with Crippen LogP contribution in [-0.2, 0) is 13.1 Å². The third-order valence-electron chi connectivity index (χ3n) is 3.25. The number of rotatable bonds is 2. The quantitative estimate of drug-likeness (QED) is 0.817. The van der Waals surface area contributed by atoms with Crippen molar-refractivity contribution >= 4 is 11.6 Å². The topological polar surface area (TPSA) is 46.3 Å². The summed E-state index contributed by atoms with van der Waals surface area (Å²) in [5, 5.41) is 0. The summed E-state index contributed by atoms with van der Waals surface area (Å²) in [6.07, 6.45) is 0. The van der Waals surface area contributed by atoms with Crippen LogP contribution in [0.1, 0.15) is 21.5 Å². The van der Waals surface area contributed by atoms with Gasteiger partial charge < -0.3 is 10.6 Å². The van der Waals surface area contributed by atoms with Gasteiger partial charge >= 0.3 is 0 Å². The third-order valence-corrected chi connectivity index (χ3v) is 3.25. The van der Waals surface area contributed by atoms with Crippen LogP contribution in [0.3, 0.4) is 0 Å². The zero-order valence-electron chi connectivity index (χ0n) is 9.97. The lowest BCUT2D eigenvalue weighted by atomic mass is 10.1. The molecule has 1 heterocycles. The maximum Gasteiger partial charge on any atom is 0.254 e. The van der Waals surface area contributed by atoms with Crippen molar-refractivity contribution in [2.75, 3.05) is 5.73 Å². The third kappa shape index (κ3) is 1.84. The molecule has 0 atom stereocenters. The molecule has 0 radical (unpaired) electrons. The predicted molar refractivity (Wildman–Crippen MR) is 70.9 cm³/mol. The molecule has 1 aliphatic rings. The number of hydrogen-bond acceptors (Lipinski definition) is 2. The highest BCUT2D eigenvalue weighted by atomic mass is 16.2. The molecule has 2 N–H and O–H groups in total. The molecule has 18 heavy (non-hydrogen) atoms.